The number of hydrogen-bond donors (Lipinski definition) is 2. The zero-order valence-corrected chi connectivity index (χ0v) is 11.5. The Labute approximate surface area is 114 Å². The van der Waals surface area contributed by atoms with E-state index in [0.29, 0.717) is 6.04 Å². The predicted molar refractivity (Wildman–Crippen MR) is 74.7 cm³/mol. The number of phenols is 1. The molecule has 1 fully saturated rings. The first-order valence-corrected chi connectivity index (χ1v) is 7.13. The number of benzene rings is 1. The van der Waals surface area contributed by atoms with E-state index in [2.05, 4.69) is 17.1 Å². The third kappa shape index (κ3) is 3.91. The number of piperidine rings is 1. The van der Waals surface area contributed by atoms with E-state index >= 15 is 0 Å². The lowest BCUT2D eigenvalue weighted by Crippen LogP contribution is -2.45. The van der Waals surface area contributed by atoms with Crippen LogP contribution in [0.15, 0.2) is 18.2 Å². The molecule has 1 aromatic rings. The number of phenolic OH excluding ortho intramolecular Hbond substituents is 1. The second-order valence-corrected chi connectivity index (χ2v) is 5.26. The maximum Gasteiger partial charge on any atom is 0.165 e. The predicted octanol–water partition coefficient (Wildman–Crippen LogP) is 2.50. The molecule has 4 heteroatoms. The van der Waals surface area contributed by atoms with E-state index in [4.69, 9.17) is 0 Å². The molecule has 0 amide bonds. The summed E-state index contributed by atoms with van der Waals surface area (Å²) in [5.74, 6) is -0.805. The van der Waals surface area contributed by atoms with E-state index < -0.39 is 5.82 Å². The Morgan fingerprint density at radius 3 is 2.95 bits per heavy atom. The molecule has 2 rings (SSSR count). The summed E-state index contributed by atoms with van der Waals surface area (Å²) in [6, 6.07) is 5.21. The molecule has 1 aliphatic rings. The number of nitrogens with one attached hydrogen (secondary N) is 1. The van der Waals surface area contributed by atoms with Crippen LogP contribution in [0.1, 0.15) is 31.7 Å². The van der Waals surface area contributed by atoms with Gasteiger partial charge in [0.2, 0.25) is 0 Å². The van der Waals surface area contributed by atoms with Crippen molar-refractivity contribution in [1.82, 2.24) is 10.2 Å². The van der Waals surface area contributed by atoms with E-state index in [0.717, 1.165) is 38.2 Å². The fraction of sp³-hybridized carbons (Fsp3) is 0.600. The Bertz CT molecular complexity index is 405. The molecule has 1 unspecified atom stereocenters. The van der Waals surface area contributed by atoms with Gasteiger partial charge in [0.25, 0.3) is 0 Å². The minimum atomic E-state index is -0.532. The first-order chi connectivity index (χ1) is 9.20. The van der Waals surface area contributed by atoms with Crippen molar-refractivity contribution in [3.63, 3.8) is 0 Å². The van der Waals surface area contributed by atoms with Crippen LogP contribution in [-0.2, 0) is 6.54 Å². The first-order valence-electron chi connectivity index (χ1n) is 7.13. The van der Waals surface area contributed by atoms with Crippen LogP contribution in [0.25, 0.3) is 0 Å². The van der Waals surface area contributed by atoms with E-state index in [1.807, 2.05) is 0 Å². The van der Waals surface area contributed by atoms with Gasteiger partial charge in [-0.1, -0.05) is 13.0 Å². The molecule has 3 nitrogen and oxygen atoms in total. The van der Waals surface area contributed by atoms with Crippen molar-refractivity contribution in [1.29, 1.82) is 0 Å². The molecule has 0 bridgehead atoms. The van der Waals surface area contributed by atoms with Gasteiger partial charge in [-0.2, -0.15) is 0 Å². The summed E-state index contributed by atoms with van der Waals surface area (Å²) in [6.45, 7) is 6.05. The number of hydrogen-bond acceptors (Lipinski definition) is 3. The SMILES string of the molecule is CCCN(Cc1ccc(O)c(F)c1)C1CCCNC1. The fourth-order valence-electron chi connectivity index (χ4n) is 2.71. The van der Waals surface area contributed by atoms with Crippen LogP contribution in [-0.4, -0.2) is 35.7 Å². The third-order valence-electron chi connectivity index (χ3n) is 3.70. The molecule has 1 aliphatic heterocycles. The van der Waals surface area contributed by atoms with Crippen molar-refractivity contribution < 1.29 is 9.50 Å². The second-order valence-electron chi connectivity index (χ2n) is 5.26. The summed E-state index contributed by atoms with van der Waals surface area (Å²) < 4.78 is 13.4. The van der Waals surface area contributed by atoms with E-state index in [9.17, 15) is 9.50 Å². The Hall–Kier alpha value is -1.13. The van der Waals surface area contributed by atoms with Crippen LogP contribution >= 0.6 is 0 Å². The summed E-state index contributed by atoms with van der Waals surface area (Å²) in [5, 5.41) is 12.7. The zero-order valence-electron chi connectivity index (χ0n) is 11.5. The van der Waals surface area contributed by atoms with Crippen LogP contribution in [0.2, 0.25) is 0 Å². The Morgan fingerprint density at radius 2 is 2.32 bits per heavy atom. The minimum Gasteiger partial charge on any atom is -0.505 e. The molecule has 1 heterocycles. The monoisotopic (exact) mass is 266 g/mol. The smallest absolute Gasteiger partial charge is 0.165 e. The maximum atomic E-state index is 13.4. The number of nitrogens with zero attached hydrogens (tertiary/aromatic N) is 1. The number of halogens is 1. The van der Waals surface area contributed by atoms with Crippen LogP contribution in [0.5, 0.6) is 5.75 Å². The maximum absolute atomic E-state index is 13.4. The lowest BCUT2D eigenvalue weighted by Gasteiger charge is -2.34. The van der Waals surface area contributed by atoms with Gasteiger partial charge >= 0.3 is 0 Å². The van der Waals surface area contributed by atoms with E-state index in [1.165, 1.54) is 25.0 Å². The van der Waals surface area contributed by atoms with Gasteiger partial charge in [0.1, 0.15) is 0 Å². The summed E-state index contributed by atoms with van der Waals surface area (Å²) in [5.41, 5.74) is 0.925. The van der Waals surface area contributed by atoms with Crippen LogP contribution < -0.4 is 5.32 Å². The Morgan fingerprint density at radius 1 is 1.47 bits per heavy atom. The summed E-state index contributed by atoms with van der Waals surface area (Å²) >= 11 is 0. The largest absolute Gasteiger partial charge is 0.505 e. The molecular weight excluding hydrogens is 243 g/mol. The van der Waals surface area contributed by atoms with Crippen molar-refractivity contribution in [3.05, 3.63) is 29.6 Å². The summed E-state index contributed by atoms with van der Waals surface area (Å²) in [6.07, 6.45) is 3.50. The van der Waals surface area contributed by atoms with Gasteiger partial charge in [-0.25, -0.2) is 4.39 Å². The minimum absolute atomic E-state index is 0.273. The lowest BCUT2D eigenvalue weighted by molar-refractivity contribution is 0.158. The van der Waals surface area contributed by atoms with Gasteiger partial charge in [0.15, 0.2) is 11.6 Å². The van der Waals surface area contributed by atoms with Crippen molar-refractivity contribution in [2.75, 3.05) is 19.6 Å². The van der Waals surface area contributed by atoms with Crippen molar-refractivity contribution in [2.45, 2.75) is 38.8 Å². The summed E-state index contributed by atoms with van der Waals surface area (Å²) in [4.78, 5) is 2.41. The van der Waals surface area contributed by atoms with Crippen molar-refractivity contribution in [3.8, 4) is 5.75 Å². The van der Waals surface area contributed by atoms with Crippen molar-refractivity contribution >= 4 is 0 Å². The lowest BCUT2D eigenvalue weighted by atomic mass is 10.0. The number of aromatic hydroxyl groups is 1. The average Bonchev–Trinajstić information content (AvgIpc) is 2.43. The molecule has 0 aliphatic carbocycles. The molecule has 0 saturated carbocycles. The Balaban J connectivity index is 2.04. The van der Waals surface area contributed by atoms with E-state index in [-0.39, 0.29) is 5.75 Å². The zero-order chi connectivity index (χ0) is 13.7. The first kappa shape index (κ1) is 14.3. The third-order valence-corrected chi connectivity index (χ3v) is 3.70. The highest BCUT2D eigenvalue weighted by molar-refractivity contribution is 5.28. The molecule has 0 radical (unpaired) electrons. The summed E-state index contributed by atoms with van der Waals surface area (Å²) in [7, 11) is 0. The van der Waals surface area contributed by atoms with Gasteiger partial charge in [-0.05, 0) is 50.0 Å². The molecule has 2 N–H and O–H groups in total. The van der Waals surface area contributed by atoms with Crippen LogP contribution in [0.4, 0.5) is 4.39 Å². The van der Waals surface area contributed by atoms with Gasteiger partial charge in [-0.15, -0.1) is 0 Å². The van der Waals surface area contributed by atoms with Gasteiger partial charge in [0.05, 0.1) is 0 Å². The van der Waals surface area contributed by atoms with Crippen LogP contribution in [0.3, 0.4) is 0 Å². The Kier molecular flexibility index (Phi) is 5.16. The van der Waals surface area contributed by atoms with Gasteiger partial charge in [-0.3, -0.25) is 4.90 Å². The topological polar surface area (TPSA) is 35.5 Å². The highest BCUT2D eigenvalue weighted by atomic mass is 19.1. The molecule has 19 heavy (non-hydrogen) atoms. The molecular formula is C15H23FN2O. The average molecular weight is 266 g/mol. The molecule has 1 saturated heterocycles. The quantitative estimate of drug-likeness (QED) is 0.859. The molecule has 1 atom stereocenters. The van der Waals surface area contributed by atoms with Crippen LogP contribution in [0, 0.1) is 5.82 Å². The highest BCUT2D eigenvalue weighted by Crippen LogP contribution is 2.19. The highest BCUT2D eigenvalue weighted by Gasteiger charge is 2.20. The molecule has 106 valence electrons. The fourth-order valence-corrected chi connectivity index (χ4v) is 2.71. The normalized spacial score (nSPS) is 19.8. The molecule has 0 spiro atoms. The second kappa shape index (κ2) is 6.87. The van der Waals surface area contributed by atoms with Crippen molar-refractivity contribution in [2.24, 2.45) is 0 Å². The van der Waals surface area contributed by atoms with Gasteiger partial charge < -0.3 is 10.4 Å². The molecule has 0 aromatic heterocycles. The standard InChI is InChI=1S/C15H23FN2O/c1-2-8-18(13-4-3-7-17-10-13)11-12-5-6-15(19)14(16)9-12/h5-6,9,13,17,19H,2-4,7-8,10-11H2,1H3. The van der Waals surface area contributed by atoms with E-state index in [1.54, 1.807) is 6.07 Å². The molecule has 1 aromatic carbocycles. The number of rotatable bonds is 5. The van der Waals surface area contributed by atoms with Gasteiger partial charge in [0, 0.05) is 19.1 Å².